The molecule has 2 aromatic rings. The van der Waals surface area contributed by atoms with Crippen LogP contribution < -0.4 is 10.6 Å². The van der Waals surface area contributed by atoms with Gasteiger partial charge >= 0.3 is 0 Å². The number of carbonyl (C=O) groups excluding carboxylic acids is 1. The Bertz CT molecular complexity index is 875. The largest absolute Gasteiger partial charge is 0.357 e. The number of benzene rings is 2. The molecule has 0 aliphatic heterocycles. The van der Waals surface area contributed by atoms with Gasteiger partial charge in [-0.2, -0.15) is 0 Å². The average molecular weight is 534 g/mol. The molecule has 1 fully saturated rings. The normalized spacial score (nSPS) is 17.7. The molecule has 0 bridgehead atoms. The van der Waals surface area contributed by atoms with E-state index in [1.165, 1.54) is 11.1 Å². The Labute approximate surface area is 203 Å². The predicted octanol–water partition coefficient (Wildman–Crippen LogP) is 4.74. The topological polar surface area (TPSA) is 56.7 Å². The fourth-order valence-electron chi connectivity index (χ4n) is 3.53. The highest BCUT2D eigenvalue weighted by Crippen LogP contribution is 2.41. The molecule has 0 spiro atoms. The lowest BCUT2D eigenvalue weighted by atomic mass is 10.0. The Morgan fingerprint density at radius 3 is 2.29 bits per heavy atom. The van der Waals surface area contributed by atoms with Crippen LogP contribution in [-0.4, -0.2) is 43.4 Å². The second-order valence-electron chi connectivity index (χ2n) is 8.51. The molecular formula is C25H35IN4O. The molecule has 2 atom stereocenters. The quantitative estimate of drug-likeness (QED) is 0.307. The zero-order chi connectivity index (χ0) is 21.7. The third kappa shape index (κ3) is 6.95. The van der Waals surface area contributed by atoms with E-state index in [1.807, 2.05) is 24.3 Å². The van der Waals surface area contributed by atoms with E-state index >= 15 is 0 Å². The summed E-state index contributed by atoms with van der Waals surface area (Å²) in [6.45, 7) is 7.93. The minimum absolute atomic E-state index is 0. The van der Waals surface area contributed by atoms with E-state index in [2.05, 4.69) is 55.7 Å². The Kier molecular flexibility index (Phi) is 9.34. The van der Waals surface area contributed by atoms with Gasteiger partial charge in [-0.25, -0.2) is 4.99 Å². The van der Waals surface area contributed by atoms with Crippen molar-refractivity contribution in [1.82, 2.24) is 15.5 Å². The van der Waals surface area contributed by atoms with Crippen LogP contribution in [0.5, 0.6) is 0 Å². The molecule has 0 saturated heterocycles. The second kappa shape index (κ2) is 11.5. The van der Waals surface area contributed by atoms with Crippen molar-refractivity contribution >= 4 is 35.8 Å². The molecule has 1 amide bonds. The van der Waals surface area contributed by atoms with Crippen molar-refractivity contribution in [2.45, 2.75) is 51.6 Å². The first-order valence-electron chi connectivity index (χ1n) is 10.8. The van der Waals surface area contributed by atoms with Gasteiger partial charge in [-0.1, -0.05) is 50.2 Å². The second-order valence-corrected chi connectivity index (χ2v) is 8.51. The molecule has 1 aliphatic rings. The fraction of sp³-hybridized carbons (Fsp3) is 0.440. The van der Waals surface area contributed by atoms with Crippen LogP contribution in [0.3, 0.4) is 0 Å². The zero-order valence-corrected chi connectivity index (χ0v) is 21.5. The van der Waals surface area contributed by atoms with Crippen molar-refractivity contribution in [1.29, 1.82) is 0 Å². The van der Waals surface area contributed by atoms with Crippen molar-refractivity contribution in [2.75, 3.05) is 20.6 Å². The summed E-state index contributed by atoms with van der Waals surface area (Å²) in [7, 11) is 3.53. The number of amides is 1. The van der Waals surface area contributed by atoms with E-state index in [4.69, 9.17) is 4.99 Å². The molecule has 3 rings (SSSR count). The number of aliphatic imine (C=N–C) groups is 1. The van der Waals surface area contributed by atoms with E-state index < -0.39 is 0 Å². The minimum Gasteiger partial charge on any atom is -0.357 e. The number of nitrogens with zero attached hydrogens (tertiary/aromatic N) is 2. The third-order valence-corrected chi connectivity index (χ3v) is 5.51. The molecule has 1 saturated carbocycles. The Morgan fingerprint density at radius 2 is 1.74 bits per heavy atom. The summed E-state index contributed by atoms with van der Waals surface area (Å²) in [5.74, 6) is 1.97. The summed E-state index contributed by atoms with van der Waals surface area (Å²) < 4.78 is 0. The lowest BCUT2D eigenvalue weighted by Crippen LogP contribution is -2.39. The van der Waals surface area contributed by atoms with Crippen molar-refractivity contribution in [3.05, 3.63) is 70.8 Å². The van der Waals surface area contributed by atoms with Crippen LogP contribution >= 0.6 is 24.0 Å². The predicted molar refractivity (Wildman–Crippen MR) is 140 cm³/mol. The maximum atomic E-state index is 12.0. The van der Waals surface area contributed by atoms with Crippen molar-refractivity contribution in [3.63, 3.8) is 0 Å². The lowest BCUT2D eigenvalue weighted by molar-refractivity contribution is 0.0827. The summed E-state index contributed by atoms with van der Waals surface area (Å²) >= 11 is 0. The first kappa shape index (κ1) is 25.2. The van der Waals surface area contributed by atoms with E-state index in [0.29, 0.717) is 30.0 Å². The number of hydrogen-bond acceptors (Lipinski definition) is 2. The molecule has 0 aromatic heterocycles. The molecule has 2 aromatic carbocycles. The van der Waals surface area contributed by atoms with Crippen LogP contribution in [-0.2, 0) is 6.54 Å². The van der Waals surface area contributed by atoms with E-state index in [9.17, 15) is 4.79 Å². The molecule has 31 heavy (non-hydrogen) atoms. The van der Waals surface area contributed by atoms with Crippen LogP contribution in [0.2, 0.25) is 0 Å². The van der Waals surface area contributed by atoms with Crippen LogP contribution in [0.1, 0.15) is 66.1 Å². The molecule has 2 unspecified atom stereocenters. The van der Waals surface area contributed by atoms with Crippen LogP contribution in [0.4, 0.5) is 0 Å². The van der Waals surface area contributed by atoms with Crippen LogP contribution in [0.15, 0.2) is 53.5 Å². The maximum Gasteiger partial charge on any atom is 0.253 e. The molecule has 6 heteroatoms. The van der Waals surface area contributed by atoms with E-state index in [1.54, 1.807) is 19.0 Å². The van der Waals surface area contributed by atoms with Gasteiger partial charge in [0, 0.05) is 38.2 Å². The van der Waals surface area contributed by atoms with E-state index in [0.717, 1.165) is 24.5 Å². The molecule has 0 radical (unpaired) electrons. The summed E-state index contributed by atoms with van der Waals surface area (Å²) in [4.78, 5) is 18.3. The van der Waals surface area contributed by atoms with Crippen molar-refractivity contribution < 1.29 is 4.79 Å². The van der Waals surface area contributed by atoms with Gasteiger partial charge in [0.15, 0.2) is 5.96 Å². The molecule has 1 aliphatic carbocycles. The van der Waals surface area contributed by atoms with Crippen LogP contribution in [0, 0.1) is 0 Å². The van der Waals surface area contributed by atoms with Gasteiger partial charge in [-0.15, -0.1) is 24.0 Å². The first-order valence-corrected chi connectivity index (χ1v) is 10.8. The van der Waals surface area contributed by atoms with Gasteiger partial charge in [-0.05, 0) is 48.1 Å². The average Bonchev–Trinajstić information content (AvgIpc) is 3.51. The van der Waals surface area contributed by atoms with Gasteiger partial charge < -0.3 is 15.5 Å². The molecule has 2 N–H and O–H groups in total. The monoisotopic (exact) mass is 534 g/mol. The third-order valence-electron chi connectivity index (χ3n) is 5.51. The highest BCUT2D eigenvalue weighted by molar-refractivity contribution is 14.0. The minimum atomic E-state index is 0. The number of nitrogens with one attached hydrogen (secondary N) is 2. The van der Waals surface area contributed by atoms with Gasteiger partial charge in [0.25, 0.3) is 5.91 Å². The summed E-state index contributed by atoms with van der Waals surface area (Å²) in [5, 5.41) is 6.91. The van der Waals surface area contributed by atoms with E-state index in [-0.39, 0.29) is 29.9 Å². The van der Waals surface area contributed by atoms with Crippen LogP contribution in [0.25, 0.3) is 0 Å². The SMILES string of the molecule is CCNC(=NCc1ccc(C(=O)N(C)C)cc1)NC1CC1c1ccc(C(C)C)cc1.I. The molecular weight excluding hydrogens is 499 g/mol. The Hall–Kier alpha value is -2.09. The standard InChI is InChI=1S/C25H34N4O.HI/c1-6-26-25(27-16-18-7-9-21(10-8-18)24(30)29(4)5)28-23-15-22(23)20-13-11-19(12-14-20)17(2)3;/h7-14,17,22-23H,6,15-16H2,1-5H3,(H2,26,27,28);1H. The molecule has 168 valence electrons. The van der Waals surface area contributed by atoms with Gasteiger partial charge in [-0.3, -0.25) is 4.79 Å². The number of hydrogen-bond donors (Lipinski definition) is 2. The van der Waals surface area contributed by atoms with Gasteiger partial charge in [0.1, 0.15) is 0 Å². The van der Waals surface area contributed by atoms with Crippen molar-refractivity contribution in [3.8, 4) is 0 Å². The smallest absolute Gasteiger partial charge is 0.253 e. The summed E-state index contributed by atoms with van der Waals surface area (Å²) in [5.41, 5.74) is 4.56. The first-order chi connectivity index (χ1) is 14.4. The maximum absolute atomic E-state index is 12.0. The number of halogens is 1. The van der Waals surface area contributed by atoms with Gasteiger partial charge in [0.2, 0.25) is 0 Å². The van der Waals surface area contributed by atoms with Crippen molar-refractivity contribution in [2.24, 2.45) is 4.99 Å². The molecule has 5 nitrogen and oxygen atoms in total. The van der Waals surface area contributed by atoms with Gasteiger partial charge in [0.05, 0.1) is 6.54 Å². The fourth-order valence-corrected chi connectivity index (χ4v) is 3.53. The number of carbonyl (C=O) groups is 1. The highest BCUT2D eigenvalue weighted by atomic mass is 127. The lowest BCUT2D eigenvalue weighted by Gasteiger charge is -2.12. The Balaban J connectivity index is 0.00000341. The summed E-state index contributed by atoms with van der Waals surface area (Å²) in [6.07, 6.45) is 1.13. The number of rotatable bonds is 7. The Morgan fingerprint density at radius 1 is 1.10 bits per heavy atom. The number of guanidine groups is 1. The summed E-state index contributed by atoms with van der Waals surface area (Å²) in [6, 6.07) is 17.1. The molecule has 0 heterocycles. The zero-order valence-electron chi connectivity index (χ0n) is 19.2. The highest BCUT2D eigenvalue weighted by Gasteiger charge is 2.38.